The molecule has 0 amide bonds. The molecule has 2 aromatic carbocycles. The first-order chi connectivity index (χ1) is 16.4. The van der Waals surface area contributed by atoms with Crippen LogP contribution < -0.4 is 22.4 Å². The summed E-state index contributed by atoms with van der Waals surface area (Å²) in [5.41, 5.74) is 6.05. The number of nitrogens with zero attached hydrogens (tertiary/aromatic N) is 3. The van der Waals surface area contributed by atoms with Crippen LogP contribution in [0.15, 0.2) is 107 Å². The zero-order valence-corrected chi connectivity index (χ0v) is 19.7. The van der Waals surface area contributed by atoms with Crippen LogP contribution in [0.1, 0.15) is 37.3 Å². The van der Waals surface area contributed by atoms with Gasteiger partial charge in [0.05, 0.1) is 5.70 Å². The molecule has 1 aliphatic heterocycles. The molecule has 0 bridgehead atoms. The quantitative estimate of drug-likeness (QED) is 0.169. The van der Waals surface area contributed by atoms with E-state index < -0.39 is 0 Å². The number of nitrogens with two attached hydrogens (primary N) is 2. The molecule has 0 saturated heterocycles. The minimum absolute atomic E-state index is 0.0875. The minimum atomic E-state index is -0.0875. The Bertz CT molecular complexity index is 1060. The van der Waals surface area contributed by atoms with Crippen molar-refractivity contribution in [2.24, 2.45) is 21.8 Å². The molecule has 8 heteroatoms. The highest BCUT2D eigenvalue weighted by molar-refractivity contribution is 6.41. The lowest BCUT2D eigenvalue weighted by molar-refractivity contribution is 0.276. The summed E-state index contributed by atoms with van der Waals surface area (Å²) in [5.74, 6) is 11.4. The number of rotatable bonds is 9. The zero-order valence-electron chi connectivity index (χ0n) is 19.7. The van der Waals surface area contributed by atoms with E-state index >= 15 is 0 Å². The Labute approximate surface area is 201 Å². The summed E-state index contributed by atoms with van der Waals surface area (Å²) in [5, 5.41) is 17.4. The highest BCUT2D eigenvalue weighted by Crippen LogP contribution is 2.30. The average molecular weight is 460 g/mol. The van der Waals surface area contributed by atoms with Gasteiger partial charge in [0, 0.05) is 18.5 Å². The van der Waals surface area contributed by atoms with Crippen LogP contribution in [-0.4, -0.2) is 34.3 Å². The fraction of sp³-hybridized carbons (Fsp3) is 0.231. The summed E-state index contributed by atoms with van der Waals surface area (Å²) in [6, 6.07) is 21.0. The summed E-state index contributed by atoms with van der Waals surface area (Å²) in [7, 11) is 0. The summed E-state index contributed by atoms with van der Waals surface area (Å²) < 4.78 is 0. The Hall–Kier alpha value is -4.04. The maximum absolute atomic E-state index is 10.7. The predicted octanol–water partition coefficient (Wildman–Crippen LogP) is 3.45. The Morgan fingerprint density at radius 2 is 1.68 bits per heavy atom. The maximum atomic E-state index is 10.7. The van der Waals surface area contributed by atoms with E-state index in [-0.39, 0.29) is 35.1 Å². The number of benzene rings is 2. The first-order valence-electron chi connectivity index (χ1n) is 11.2. The Morgan fingerprint density at radius 3 is 2.15 bits per heavy atom. The van der Waals surface area contributed by atoms with Gasteiger partial charge in [-0.05, 0) is 31.4 Å². The third kappa shape index (κ3) is 5.47. The number of hydrazine groups is 1. The fourth-order valence-corrected chi connectivity index (χ4v) is 4.04. The van der Waals surface area contributed by atoms with Crippen molar-refractivity contribution in [3.05, 3.63) is 108 Å². The number of aliphatic imine (C=N–C) groups is 1. The van der Waals surface area contributed by atoms with Crippen LogP contribution in [0.3, 0.4) is 0 Å². The molecule has 0 aromatic heterocycles. The number of hydrogen-bond donors (Lipinski definition) is 5. The van der Waals surface area contributed by atoms with Crippen LogP contribution in [0, 0.1) is 0 Å². The van der Waals surface area contributed by atoms with Gasteiger partial charge in [-0.15, -0.1) is 0 Å². The molecule has 0 spiro atoms. The van der Waals surface area contributed by atoms with Crippen LogP contribution in [-0.2, 0) is 0 Å². The number of aliphatic hydroxyl groups excluding tert-OH is 1. The molecule has 178 valence electrons. The molecular weight excluding hydrogens is 426 g/mol. The van der Waals surface area contributed by atoms with E-state index in [1.807, 2.05) is 12.1 Å². The topological polar surface area (TPSA) is 124 Å². The maximum Gasteiger partial charge on any atom is 0.202 e. The molecule has 3 rings (SSSR count). The lowest BCUT2D eigenvalue weighted by Gasteiger charge is -2.35. The highest BCUT2D eigenvalue weighted by atomic mass is 16.3. The van der Waals surface area contributed by atoms with Gasteiger partial charge in [0.1, 0.15) is 11.4 Å². The molecule has 0 atom stereocenters. The van der Waals surface area contributed by atoms with Crippen LogP contribution in [0.2, 0.25) is 0 Å². The minimum Gasteiger partial charge on any atom is -0.504 e. The van der Waals surface area contributed by atoms with Gasteiger partial charge in [-0.3, -0.25) is 0 Å². The normalized spacial score (nSPS) is 14.2. The van der Waals surface area contributed by atoms with Crippen molar-refractivity contribution in [1.82, 2.24) is 15.6 Å². The molecular formula is C26H33N7O. The standard InChI is InChI=1S/C26H33N7O/c1-17(2)33(19(4)23-24(34)18(3)29-25(30-23)26(31-27)32-28)16-15-22(20-11-7-5-8-12-20)21-13-9-6-10-14-21/h5-14,17,22,34H,3-4,15-16,27-28H2,1-2H3,(H,29,30)(H,31,32). The Morgan fingerprint density at radius 1 is 1.12 bits per heavy atom. The Balaban J connectivity index is 1.86. The molecule has 2 aromatic rings. The van der Waals surface area contributed by atoms with Crippen LogP contribution in [0.25, 0.3) is 0 Å². The molecule has 7 N–H and O–H groups in total. The second-order valence-corrected chi connectivity index (χ2v) is 8.27. The number of hydrogen-bond acceptors (Lipinski definition) is 7. The van der Waals surface area contributed by atoms with Crippen molar-refractivity contribution in [3.63, 3.8) is 0 Å². The van der Waals surface area contributed by atoms with Gasteiger partial charge in [-0.1, -0.05) is 73.8 Å². The largest absolute Gasteiger partial charge is 0.504 e. The fourth-order valence-electron chi connectivity index (χ4n) is 4.04. The van der Waals surface area contributed by atoms with Crippen molar-refractivity contribution >= 4 is 11.7 Å². The molecule has 0 aliphatic carbocycles. The summed E-state index contributed by atoms with van der Waals surface area (Å²) >= 11 is 0. The first kappa shape index (κ1) is 24.6. The van der Waals surface area contributed by atoms with Crippen molar-refractivity contribution in [2.75, 3.05) is 6.54 Å². The van der Waals surface area contributed by atoms with Crippen molar-refractivity contribution in [3.8, 4) is 0 Å². The zero-order chi connectivity index (χ0) is 24.7. The van der Waals surface area contributed by atoms with E-state index in [0.717, 1.165) is 6.42 Å². The third-order valence-corrected chi connectivity index (χ3v) is 5.81. The number of hydrazone groups is 1. The highest BCUT2D eigenvalue weighted by Gasteiger charge is 2.27. The predicted molar refractivity (Wildman–Crippen MR) is 139 cm³/mol. The van der Waals surface area contributed by atoms with Crippen LogP contribution in [0.4, 0.5) is 0 Å². The number of aliphatic hydroxyl groups is 1. The van der Waals surface area contributed by atoms with Crippen molar-refractivity contribution in [2.45, 2.75) is 32.2 Å². The molecule has 34 heavy (non-hydrogen) atoms. The van der Waals surface area contributed by atoms with Gasteiger partial charge in [-0.2, -0.15) is 5.10 Å². The second kappa shape index (κ2) is 11.2. The summed E-state index contributed by atoms with van der Waals surface area (Å²) in [6.07, 6.45) is 0.848. The molecule has 1 aliphatic rings. The van der Waals surface area contributed by atoms with Gasteiger partial charge in [0.15, 0.2) is 11.6 Å². The van der Waals surface area contributed by atoms with E-state index in [0.29, 0.717) is 17.9 Å². The molecule has 0 fully saturated rings. The summed E-state index contributed by atoms with van der Waals surface area (Å²) in [4.78, 5) is 6.33. The molecule has 8 nitrogen and oxygen atoms in total. The SMILES string of the molecule is C=C1N=C(/C(=N/N)NN)NC(C(=C)N(CCC(c2ccccc2)c2ccccc2)C(C)C)=C1O. The van der Waals surface area contributed by atoms with Gasteiger partial charge in [0.25, 0.3) is 0 Å². The smallest absolute Gasteiger partial charge is 0.202 e. The van der Waals surface area contributed by atoms with E-state index in [1.54, 1.807) is 0 Å². The van der Waals surface area contributed by atoms with Crippen molar-refractivity contribution < 1.29 is 5.11 Å². The first-order valence-corrected chi connectivity index (χ1v) is 11.2. The molecule has 1 heterocycles. The van der Waals surface area contributed by atoms with Crippen LogP contribution >= 0.6 is 0 Å². The average Bonchev–Trinajstić information content (AvgIpc) is 2.85. The third-order valence-electron chi connectivity index (χ3n) is 5.81. The van der Waals surface area contributed by atoms with E-state index in [2.05, 4.69) is 101 Å². The van der Waals surface area contributed by atoms with E-state index in [4.69, 9.17) is 11.7 Å². The van der Waals surface area contributed by atoms with E-state index in [1.165, 1.54) is 11.1 Å². The summed E-state index contributed by atoms with van der Waals surface area (Å²) in [6.45, 7) is 13.0. The molecule has 0 unspecified atom stereocenters. The van der Waals surface area contributed by atoms with Gasteiger partial charge in [0.2, 0.25) is 5.84 Å². The van der Waals surface area contributed by atoms with Gasteiger partial charge >= 0.3 is 0 Å². The lowest BCUT2D eigenvalue weighted by atomic mass is 9.88. The van der Waals surface area contributed by atoms with Crippen LogP contribution in [0.5, 0.6) is 0 Å². The van der Waals surface area contributed by atoms with Crippen molar-refractivity contribution in [1.29, 1.82) is 0 Å². The van der Waals surface area contributed by atoms with Gasteiger partial charge < -0.3 is 26.6 Å². The lowest BCUT2D eigenvalue weighted by Crippen LogP contribution is -2.47. The molecule has 0 radical (unpaired) electrons. The Kier molecular flexibility index (Phi) is 8.10. The second-order valence-electron chi connectivity index (χ2n) is 8.27. The van der Waals surface area contributed by atoms with E-state index in [9.17, 15) is 5.11 Å². The van der Waals surface area contributed by atoms with Gasteiger partial charge in [-0.25, -0.2) is 10.8 Å². The number of nitrogens with one attached hydrogen (secondary N) is 2. The molecule has 0 saturated carbocycles. The monoisotopic (exact) mass is 459 g/mol. The number of amidine groups is 2.